The number of anilines is 1. The molecule has 1 atom stereocenters. The lowest BCUT2D eigenvalue weighted by molar-refractivity contribution is 0.0500. The monoisotopic (exact) mass is 507 g/mol. The van der Waals surface area contributed by atoms with Crippen LogP contribution in [0.3, 0.4) is 0 Å². The number of ether oxygens (including phenoxy) is 1. The van der Waals surface area contributed by atoms with Crippen molar-refractivity contribution in [3.63, 3.8) is 0 Å². The van der Waals surface area contributed by atoms with Crippen molar-refractivity contribution in [1.29, 1.82) is 0 Å². The molecule has 8 nitrogen and oxygen atoms in total. The third kappa shape index (κ3) is 4.11. The lowest BCUT2D eigenvalue weighted by Crippen LogP contribution is -2.53. The lowest BCUT2D eigenvalue weighted by atomic mass is 9.96. The van der Waals surface area contributed by atoms with Crippen LogP contribution in [0.5, 0.6) is 0 Å². The Hall–Kier alpha value is -2.49. The number of H-pyrrole nitrogens is 1. The average molecular weight is 508 g/mol. The van der Waals surface area contributed by atoms with Gasteiger partial charge in [-0.2, -0.15) is 5.10 Å². The Morgan fingerprint density at radius 2 is 1.97 bits per heavy atom. The lowest BCUT2D eigenvalue weighted by Gasteiger charge is -2.41. The summed E-state index contributed by atoms with van der Waals surface area (Å²) in [5, 5.41) is 5.55. The normalized spacial score (nSPS) is 20.4. The number of hydrogen-bond acceptors (Lipinski definition) is 7. The van der Waals surface area contributed by atoms with Crippen LogP contribution in [-0.4, -0.2) is 74.9 Å². The number of thiazole rings is 1. The fraction of sp³-hybridized carbons (Fsp3) is 0.593. The average Bonchev–Trinajstić information content (AvgIpc) is 3.56. The van der Waals surface area contributed by atoms with Crippen molar-refractivity contribution in [3.8, 4) is 11.3 Å². The Bertz CT molecular complexity index is 1380. The second kappa shape index (κ2) is 9.43. The largest absolute Gasteiger partial charge is 0.381 e. The van der Waals surface area contributed by atoms with E-state index < -0.39 is 0 Å². The number of aryl methyl sites for hydroxylation is 1. The van der Waals surface area contributed by atoms with Gasteiger partial charge in [-0.1, -0.05) is 25.2 Å². The van der Waals surface area contributed by atoms with Gasteiger partial charge in [0.1, 0.15) is 16.7 Å². The van der Waals surface area contributed by atoms with Crippen molar-refractivity contribution in [3.05, 3.63) is 29.2 Å². The summed E-state index contributed by atoms with van der Waals surface area (Å²) in [6.45, 7) is 17.5. The highest BCUT2D eigenvalue weighted by Gasteiger charge is 2.30. The molecule has 36 heavy (non-hydrogen) atoms. The van der Waals surface area contributed by atoms with Crippen LogP contribution >= 0.6 is 11.3 Å². The van der Waals surface area contributed by atoms with Crippen LogP contribution in [0.25, 0.3) is 27.3 Å². The molecule has 2 fully saturated rings. The van der Waals surface area contributed by atoms with E-state index in [1.807, 2.05) is 4.52 Å². The molecule has 2 saturated heterocycles. The number of pyridine rings is 1. The summed E-state index contributed by atoms with van der Waals surface area (Å²) < 4.78 is 7.44. The maximum atomic E-state index is 5.55. The maximum absolute atomic E-state index is 5.55. The molecular weight excluding hydrogens is 470 g/mol. The van der Waals surface area contributed by atoms with Gasteiger partial charge < -0.3 is 14.6 Å². The molecule has 6 heterocycles. The molecule has 1 N–H and O–H groups in total. The van der Waals surface area contributed by atoms with Gasteiger partial charge in [0.05, 0.1) is 5.69 Å². The first-order valence-electron chi connectivity index (χ1n) is 13.3. The Labute approximate surface area is 216 Å². The van der Waals surface area contributed by atoms with E-state index in [9.17, 15) is 0 Å². The molecule has 0 bridgehead atoms. The van der Waals surface area contributed by atoms with Crippen molar-refractivity contribution in [2.24, 2.45) is 5.92 Å². The van der Waals surface area contributed by atoms with E-state index in [0.717, 1.165) is 65.6 Å². The second-order valence-corrected chi connectivity index (χ2v) is 11.9. The zero-order valence-electron chi connectivity index (χ0n) is 22.0. The number of nitrogens with one attached hydrogen (secondary N) is 1. The first-order valence-corrected chi connectivity index (χ1v) is 14.1. The first-order chi connectivity index (χ1) is 17.4. The van der Waals surface area contributed by atoms with Gasteiger partial charge in [-0.05, 0) is 56.6 Å². The molecule has 0 saturated carbocycles. The van der Waals surface area contributed by atoms with Crippen LogP contribution in [0.4, 0.5) is 5.13 Å². The molecule has 6 rings (SSSR count). The molecule has 4 aromatic rings. The van der Waals surface area contributed by atoms with Gasteiger partial charge in [0, 0.05) is 62.8 Å². The van der Waals surface area contributed by atoms with Gasteiger partial charge in [-0.25, -0.2) is 14.5 Å². The predicted octanol–water partition coefficient (Wildman–Crippen LogP) is 5.01. The van der Waals surface area contributed by atoms with E-state index >= 15 is 0 Å². The fourth-order valence-electron chi connectivity index (χ4n) is 6.00. The van der Waals surface area contributed by atoms with Crippen LogP contribution in [-0.2, 0) is 4.74 Å². The number of nitrogens with zero attached hydrogens (tertiary/aromatic N) is 6. The second-order valence-electron chi connectivity index (χ2n) is 10.9. The third-order valence-electron chi connectivity index (χ3n) is 8.17. The molecule has 0 aromatic carbocycles. The highest BCUT2D eigenvalue weighted by Crippen LogP contribution is 2.41. The topological polar surface area (TPSA) is 74.6 Å². The van der Waals surface area contributed by atoms with Crippen molar-refractivity contribution >= 4 is 32.5 Å². The molecule has 2 aliphatic rings. The van der Waals surface area contributed by atoms with E-state index in [2.05, 4.69) is 65.7 Å². The molecule has 0 spiro atoms. The molecule has 0 radical (unpaired) electrons. The Morgan fingerprint density at radius 3 is 2.72 bits per heavy atom. The first kappa shape index (κ1) is 23.9. The Kier molecular flexibility index (Phi) is 6.25. The smallest absolute Gasteiger partial charge is 0.188 e. The summed E-state index contributed by atoms with van der Waals surface area (Å²) in [4.78, 5) is 19.8. The summed E-state index contributed by atoms with van der Waals surface area (Å²) in [7, 11) is 0. The summed E-state index contributed by atoms with van der Waals surface area (Å²) >= 11 is 1.80. The van der Waals surface area contributed by atoms with Crippen molar-refractivity contribution in [2.75, 3.05) is 44.3 Å². The molecule has 0 unspecified atom stereocenters. The van der Waals surface area contributed by atoms with Gasteiger partial charge in [0.2, 0.25) is 0 Å². The zero-order valence-corrected chi connectivity index (χ0v) is 22.9. The number of fused-ring (bicyclic) bond motifs is 2. The molecule has 0 aliphatic carbocycles. The van der Waals surface area contributed by atoms with Crippen molar-refractivity contribution in [2.45, 2.75) is 59.4 Å². The maximum Gasteiger partial charge on any atom is 0.188 e. The van der Waals surface area contributed by atoms with Gasteiger partial charge in [0.25, 0.3) is 0 Å². The number of aromatic amines is 1. The molecule has 4 aromatic heterocycles. The van der Waals surface area contributed by atoms with E-state index in [-0.39, 0.29) is 0 Å². The highest BCUT2D eigenvalue weighted by atomic mass is 32.1. The highest BCUT2D eigenvalue weighted by molar-refractivity contribution is 7.21. The summed E-state index contributed by atoms with van der Waals surface area (Å²) in [6.07, 6.45) is 6.14. The Morgan fingerprint density at radius 1 is 1.17 bits per heavy atom. The fourth-order valence-corrected chi connectivity index (χ4v) is 7.12. The van der Waals surface area contributed by atoms with Crippen molar-refractivity contribution < 1.29 is 4.74 Å². The number of hydrogen-bond donors (Lipinski definition) is 1. The van der Waals surface area contributed by atoms with E-state index in [1.165, 1.54) is 41.6 Å². The van der Waals surface area contributed by atoms with Crippen LogP contribution < -0.4 is 4.90 Å². The van der Waals surface area contributed by atoms with E-state index in [1.54, 1.807) is 17.7 Å². The zero-order chi connectivity index (χ0) is 25.0. The van der Waals surface area contributed by atoms with Crippen LogP contribution in [0, 0.1) is 19.8 Å². The SMILES string of the molecule is Cc1c(-c2[nH]c3sc(N4CCN(CC5CCOCC5)C[C@H]4C)nc3c2C(C)C)cn2ncnc2c1C. The molecule has 192 valence electrons. The summed E-state index contributed by atoms with van der Waals surface area (Å²) in [5.74, 6) is 1.13. The number of piperazine rings is 1. The minimum atomic E-state index is 0.351. The number of rotatable bonds is 5. The quantitative estimate of drug-likeness (QED) is 0.409. The molecule has 9 heteroatoms. The van der Waals surface area contributed by atoms with Gasteiger partial charge in [0.15, 0.2) is 10.8 Å². The molecule has 0 amide bonds. The van der Waals surface area contributed by atoms with E-state index in [4.69, 9.17) is 9.72 Å². The van der Waals surface area contributed by atoms with Crippen LogP contribution in [0.1, 0.15) is 56.2 Å². The van der Waals surface area contributed by atoms with Gasteiger partial charge in [-0.3, -0.25) is 4.90 Å². The predicted molar refractivity (Wildman–Crippen MR) is 146 cm³/mol. The summed E-state index contributed by atoms with van der Waals surface area (Å²) in [6, 6.07) is 0.454. The van der Waals surface area contributed by atoms with E-state index in [0.29, 0.717) is 12.0 Å². The van der Waals surface area contributed by atoms with Gasteiger partial charge >= 0.3 is 0 Å². The van der Waals surface area contributed by atoms with Crippen LogP contribution in [0.2, 0.25) is 0 Å². The standard InChI is InChI=1S/C27H37N7OS/c1-16(2)22-23(21-14-34-25(28-15-29-34)19(5)18(21)4)30-26-24(22)31-27(36-26)33-9-8-32(12-17(33)3)13-20-6-10-35-11-7-20/h14-17,20,30H,6-13H2,1-5H3/t17-/m1/s1. The number of aromatic nitrogens is 5. The third-order valence-corrected chi connectivity index (χ3v) is 9.17. The minimum Gasteiger partial charge on any atom is -0.381 e. The summed E-state index contributed by atoms with van der Waals surface area (Å²) in [5.41, 5.74) is 8.07. The molecule has 2 aliphatic heterocycles. The van der Waals surface area contributed by atoms with Gasteiger partial charge in [-0.15, -0.1) is 0 Å². The van der Waals surface area contributed by atoms with Crippen LogP contribution in [0.15, 0.2) is 12.5 Å². The molecular formula is C27H37N7OS. The van der Waals surface area contributed by atoms with Crippen molar-refractivity contribution in [1.82, 2.24) is 29.5 Å². The Balaban J connectivity index is 1.29. The minimum absolute atomic E-state index is 0.351.